The van der Waals surface area contributed by atoms with E-state index in [1.165, 1.54) is 12.8 Å². The molecule has 0 saturated heterocycles. The molecule has 0 spiro atoms. The number of nitrogens with two attached hydrogens (primary N) is 1. The van der Waals surface area contributed by atoms with E-state index in [1.807, 2.05) is 24.4 Å². The topological polar surface area (TPSA) is 83.7 Å². The number of hydrogen-bond donors (Lipinski definition) is 2. The summed E-state index contributed by atoms with van der Waals surface area (Å²) in [4.78, 5) is 12.0. The SMILES string of the molecule is CN(Cc1cn[nH]c1-c1ccccc1)c1cc(C2CC(N)C2)nc(C2CC2)n1. The van der Waals surface area contributed by atoms with Crippen LogP contribution in [-0.2, 0) is 6.54 Å². The van der Waals surface area contributed by atoms with Crippen molar-refractivity contribution in [2.45, 2.75) is 50.1 Å². The van der Waals surface area contributed by atoms with Gasteiger partial charge in [0.05, 0.1) is 11.9 Å². The number of H-pyrrole nitrogens is 1. The first-order chi connectivity index (χ1) is 13.7. The molecule has 2 aromatic heterocycles. The molecule has 3 N–H and O–H groups in total. The van der Waals surface area contributed by atoms with E-state index in [-0.39, 0.29) is 0 Å². The van der Waals surface area contributed by atoms with Crippen LogP contribution >= 0.6 is 0 Å². The normalized spacial score (nSPS) is 21.4. The summed E-state index contributed by atoms with van der Waals surface area (Å²) in [7, 11) is 2.09. The van der Waals surface area contributed by atoms with Gasteiger partial charge in [-0.15, -0.1) is 0 Å². The van der Waals surface area contributed by atoms with E-state index in [9.17, 15) is 0 Å². The van der Waals surface area contributed by atoms with Crippen molar-refractivity contribution in [2.24, 2.45) is 5.73 Å². The van der Waals surface area contributed by atoms with Gasteiger partial charge in [0.15, 0.2) is 0 Å². The van der Waals surface area contributed by atoms with Gasteiger partial charge in [-0.1, -0.05) is 30.3 Å². The van der Waals surface area contributed by atoms with E-state index >= 15 is 0 Å². The largest absolute Gasteiger partial charge is 0.355 e. The molecule has 3 aromatic rings. The van der Waals surface area contributed by atoms with Crippen molar-refractivity contribution in [3.05, 3.63) is 59.7 Å². The average Bonchev–Trinajstić information content (AvgIpc) is 3.45. The minimum absolute atomic E-state index is 0.324. The number of hydrogen-bond acceptors (Lipinski definition) is 5. The van der Waals surface area contributed by atoms with Crippen LogP contribution < -0.4 is 10.6 Å². The number of rotatable bonds is 6. The smallest absolute Gasteiger partial charge is 0.134 e. The molecule has 0 amide bonds. The Morgan fingerprint density at radius 1 is 1.11 bits per heavy atom. The van der Waals surface area contributed by atoms with Crippen LogP contribution in [0.15, 0.2) is 42.6 Å². The van der Waals surface area contributed by atoms with E-state index in [2.05, 4.69) is 40.3 Å². The molecular formula is C22H26N6. The van der Waals surface area contributed by atoms with Crippen LogP contribution in [-0.4, -0.2) is 33.3 Å². The Morgan fingerprint density at radius 3 is 2.61 bits per heavy atom. The molecule has 0 atom stereocenters. The van der Waals surface area contributed by atoms with Crippen molar-refractivity contribution in [2.75, 3.05) is 11.9 Å². The number of aromatic nitrogens is 4. The molecule has 2 fully saturated rings. The average molecular weight is 374 g/mol. The van der Waals surface area contributed by atoms with E-state index in [1.54, 1.807) is 0 Å². The molecule has 1 aromatic carbocycles. The summed E-state index contributed by atoms with van der Waals surface area (Å²) in [6, 6.07) is 12.8. The molecule has 0 radical (unpaired) electrons. The third-order valence-electron chi connectivity index (χ3n) is 5.86. The standard InChI is InChI=1S/C22H26N6/c1-28(13-17-12-24-27-21(17)14-5-3-2-4-6-14)20-11-19(16-9-18(23)10-16)25-22(26-20)15-7-8-15/h2-6,11-12,15-16,18H,7-10,13,23H2,1H3,(H,24,27). The van der Waals surface area contributed by atoms with Crippen LogP contribution in [0.1, 0.15) is 54.6 Å². The number of benzene rings is 1. The van der Waals surface area contributed by atoms with E-state index in [0.29, 0.717) is 17.9 Å². The Balaban J connectivity index is 1.41. The van der Waals surface area contributed by atoms with Gasteiger partial charge in [0.1, 0.15) is 11.6 Å². The first-order valence-corrected chi connectivity index (χ1v) is 10.1. The maximum absolute atomic E-state index is 6.01. The molecule has 2 heterocycles. The zero-order valence-electron chi connectivity index (χ0n) is 16.2. The van der Waals surface area contributed by atoms with Gasteiger partial charge in [-0.05, 0) is 31.2 Å². The molecule has 28 heavy (non-hydrogen) atoms. The van der Waals surface area contributed by atoms with Gasteiger partial charge in [-0.3, -0.25) is 5.10 Å². The second kappa shape index (κ2) is 7.02. The molecule has 0 unspecified atom stereocenters. The minimum atomic E-state index is 0.324. The van der Waals surface area contributed by atoms with Crippen molar-refractivity contribution < 1.29 is 0 Å². The Labute approximate surface area is 165 Å². The number of anilines is 1. The van der Waals surface area contributed by atoms with E-state index < -0.39 is 0 Å². The molecule has 144 valence electrons. The number of nitrogens with zero attached hydrogens (tertiary/aromatic N) is 4. The summed E-state index contributed by atoms with van der Waals surface area (Å²) in [6.45, 7) is 0.742. The fourth-order valence-corrected chi connectivity index (χ4v) is 3.93. The van der Waals surface area contributed by atoms with Gasteiger partial charge in [-0.2, -0.15) is 5.10 Å². The molecule has 2 aliphatic carbocycles. The molecule has 2 saturated carbocycles. The molecule has 0 bridgehead atoms. The highest BCUT2D eigenvalue weighted by atomic mass is 15.2. The minimum Gasteiger partial charge on any atom is -0.355 e. The fourth-order valence-electron chi connectivity index (χ4n) is 3.93. The van der Waals surface area contributed by atoms with Crippen LogP contribution in [0, 0.1) is 0 Å². The first kappa shape index (κ1) is 17.4. The third kappa shape index (κ3) is 3.40. The molecule has 0 aliphatic heterocycles. The quantitative estimate of drug-likeness (QED) is 0.689. The molecule has 6 heteroatoms. The second-order valence-corrected chi connectivity index (χ2v) is 8.20. The fraction of sp³-hybridized carbons (Fsp3) is 0.409. The highest BCUT2D eigenvalue weighted by Crippen LogP contribution is 2.41. The lowest BCUT2D eigenvalue weighted by atomic mass is 9.78. The molecule has 2 aliphatic rings. The van der Waals surface area contributed by atoms with Gasteiger partial charge in [0.25, 0.3) is 0 Å². The van der Waals surface area contributed by atoms with Crippen LogP contribution in [0.5, 0.6) is 0 Å². The highest BCUT2D eigenvalue weighted by molar-refractivity contribution is 5.63. The number of aromatic amines is 1. The summed E-state index contributed by atoms with van der Waals surface area (Å²) in [5.74, 6) is 3.02. The third-order valence-corrected chi connectivity index (χ3v) is 5.86. The zero-order chi connectivity index (χ0) is 19.1. The molecule has 6 nitrogen and oxygen atoms in total. The summed E-state index contributed by atoms with van der Waals surface area (Å²) in [5.41, 5.74) is 10.5. The lowest BCUT2D eigenvalue weighted by Crippen LogP contribution is -2.35. The van der Waals surface area contributed by atoms with E-state index in [0.717, 1.165) is 53.5 Å². The predicted octanol–water partition coefficient (Wildman–Crippen LogP) is 3.59. The lowest BCUT2D eigenvalue weighted by Gasteiger charge is -2.32. The maximum atomic E-state index is 6.01. The van der Waals surface area contributed by atoms with Crippen molar-refractivity contribution in [1.82, 2.24) is 20.2 Å². The molecular weight excluding hydrogens is 348 g/mol. The Bertz CT molecular complexity index is 956. The first-order valence-electron chi connectivity index (χ1n) is 10.1. The van der Waals surface area contributed by atoms with E-state index in [4.69, 9.17) is 15.7 Å². The zero-order valence-corrected chi connectivity index (χ0v) is 16.2. The van der Waals surface area contributed by atoms with Crippen molar-refractivity contribution in [3.8, 4) is 11.3 Å². The lowest BCUT2D eigenvalue weighted by molar-refractivity contribution is 0.344. The van der Waals surface area contributed by atoms with Crippen LogP contribution in [0.3, 0.4) is 0 Å². The maximum Gasteiger partial charge on any atom is 0.134 e. The van der Waals surface area contributed by atoms with Gasteiger partial charge < -0.3 is 10.6 Å². The van der Waals surface area contributed by atoms with Crippen molar-refractivity contribution in [3.63, 3.8) is 0 Å². The van der Waals surface area contributed by atoms with Gasteiger partial charge >= 0.3 is 0 Å². The van der Waals surface area contributed by atoms with Crippen molar-refractivity contribution in [1.29, 1.82) is 0 Å². The van der Waals surface area contributed by atoms with Crippen LogP contribution in [0.25, 0.3) is 11.3 Å². The summed E-state index contributed by atoms with van der Waals surface area (Å²) < 4.78 is 0. The van der Waals surface area contributed by atoms with Crippen LogP contribution in [0.4, 0.5) is 5.82 Å². The summed E-state index contributed by atoms with van der Waals surface area (Å²) in [5, 5.41) is 7.43. The van der Waals surface area contributed by atoms with Gasteiger partial charge in [0, 0.05) is 48.8 Å². The van der Waals surface area contributed by atoms with Crippen molar-refractivity contribution >= 4 is 5.82 Å². The second-order valence-electron chi connectivity index (χ2n) is 8.20. The van der Waals surface area contributed by atoms with Gasteiger partial charge in [-0.25, -0.2) is 9.97 Å². The monoisotopic (exact) mass is 374 g/mol. The Morgan fingerprint density at radius 2 is 1.89 bits per heavy atom. The summed E-state index contributed by atoms with van der Waals surface area (Å²) >= 11 is 0. The Kier molecular flexibility index (Phi) is 4.36. The van der Waals surface area contributed by atoms with Gasteiger partial charge in [0.2, 0.25) is 0 Å². The van der Waals surface area contributed by atoms with Crippen LogP contribution in [0.2, 0.25) is 0 Å². The Hall–Kier alpha value is -2.73. The summed E-state index contributed by atoms with van der Waals surface area (Å²) in [6.07, 6.45) is 6.38. The number of nitrogens with one attached hydrogen (secondary N) is 1. The molecule has 5 rings (SSSR count). The predicted molar refractivity (Wildman–Crippen MR) is 110 cm³/mol. The highest BCUT2D eigenvalue weighted by Gasteiger charge is 2.32.